The van der Waals surface area contributed by atoms with E-state index in [2.05, 4.69) is 11.8 Å². The third-order valence-electron chi connectivity index (χ3n) is 2.48. The van der Waals surface area contributed by atoms with Crippen molar-refractivity contribution in [2.24, 2.45) is 5.73 Å². The number of hydrogen-bond donors (Lipinski definition) is 2. The molecule has 0 saturated heterocycles. The first kappa shape index (κ1) is 14.3. The topological polar surface area (TPSA) is 71.6 Å². The van der Waals surface area contributed by atoms with Gasteiger partial charge in [0.1, 0.15) is 5.84 Å². The van der Waals surface area contributed by atoms with Crippen molar-refractivity contribution in [3.05, 3.63) is 0 Å². The van der Waals surface area contributed by atoms with Gasteiger partial charge < -0.3 is 15.2 Å². The molecule has 90 valence electrons. The lowest BCUT2D eigenvalue weighted by Gasteiger charge is -2.33. The molecule has 0 saturated carbocycles. The lowest BCUT2D eigenvalue weighted by atomic mass is 10.2. The molecule has 0 aromatic carbocycles. The van der Waals surface area contributed by atoms with Crippen LogP contribution in [0.2, 0.25) is 0 Å². The fourth-order valence-electron chi connectivity index (χ4n) is 1.51. The average Bonchev–Trinajstić information content (AvgIpc) is 2.18. The molecular weight excluding hydrogens is 194 g/mol. The van der Waals surface area contributed by atoms with Crippen molar-refractivity contribution in [1.29, 1.82) is 5.41 Å². The predicted octanol–water partition coefficient (Wildman–Crippen LogP) is 0.294. The molecule has 0 rings (SSSR count). The lowest BCUT2D eigenvalue weighted by molar-refractivity contribution is 0.0667. The zero-order valence-electron chi connectivity index (χ0n) is 10.1. The highest BCUT2D eigenvalue weighted by atomic mass is 16.5. The Morgan fingerprint density at radius 1 is 1.33 bits per heavy atom. The van der Waals surface area contributed by atoms with Crippen molar-refractivity contribution < 1.29 is 9.47 Å². The second-order valence-corrected chi connectivity index (χ2v) is 3.67. The Labute approximate surface area is 92.0 Å². The summed E-state index contributed by atoms with van der Waals surface area (Å²) in [5.41, 5.74) is 5.50. The second-order valence-electron chi connectivity index (χ2n) is 3.67. The number of nitrogens with one attached hydrogen (secondary N) is 1. The average molecular weight is 217 g/mol. The minimum absolute atomic E-state index is 0.0784. The normalized spacial score (nSPS) is 15.3. The van der Waals surface area contributed by atoms with Gasteiger partial charge in [-0.25, -0.2) is 0 Å². The van der Waals surface area contributed by atoms with Gasteiger partial charge in [-0.05, 0) is 13.8 Å². The smallest absolute Gasteiger partial charge is 0.108 e. The van der Waals surface area contributed by atoms with Crippen molar-refractivity contribution in [2.75, 3.05) is 34.0 Å². The highest BCUT2D eigenvalue weighted by molar-refractivity contribution is 5.82. The van der Waals surface area contributed by atoms with E-state index in [0.717, 1.165) is 6.54 Å². The van der Waals surface area contributed by atoms with E-state index in [1.165, 1.54) is 0 Å². The van der Waals surface area contributed by atoms with E-state index < -0.39 is 0 Å². The van der Waals surface area contributed by atoms with E-state index in [1.807, 2.05) is 6.92 Å². The van der Waals surface area contributed by atoms with E-state index in [9.17, 15) is 0 Å². The summed E-state index contributed by atoms with van der Waals surface area (Å²) in [4.78, 5) is 2.11. The van der Waals surface area contributed by atoms with Crippen LogP contribution in [0.15, 0.2) is 0 Å². The van der Waals surface area contributed by atoms with Crippen molar-refractivity contribution in [2.45, 2.75) is 25.9 Å². The number of hydrogen-bond acceptors (Lipinski definition) is 4. The Kier molecular flexibility index (Phi) is 7.29. The highest BCUT2D eigenvalue weighted by Crippen LogP contribution is 2.05. The van der Waals surface area contributed by atoms with Crippen LogP contribution in [0, 0.1) is 5.41 Å². The summed E-state index contributed by atoms with van der Waals surface area (Å²) in [5.74, 6) is 0.175. The number of nitrogens with two attached hydrogens (primary N) is 1. The molecule has 0 heterocycles. The molecule has 15 heavy (non-hydrogen) atoms. The summed E-state index contributed by atoms with van der Waals surface area (Å²) in [6.45, 7) is 5.98. The van der Waals surface area contributed by atoms with Crippen molar-refractivity contribution in [3.63, 3.8) is 0 Å². The monoisotopic (exact) mass is 217 g/mol. The number of amidine groups is 1. The van der Waals surface area contributed by atoms with Crippen molar-refractivity contribution >= 4 is 5.84 Å². The van der Waals surface area contributed by atoms with Crippen LogP contribution in [0.5, 0.6) is 0 Å². The first-order valence-corrected chi connectivity index (χ1v) is 5.12. The Balaban J connectivity index is 4.34. The first-order chi connectivity index (χ1) is 7.04. The fourth-order valence-corrected chi connectivity index (χ4v) is 1.51. The lowest BCUT2D eigenvalue weighted by Crippen LogP contribution is -2.49. The third kappa shape index (κ3) is 5.11. The second kappa shape index (κ2) is 7.62. The molecule has 0 fully saturated rings. The van der Waals surface area contributed by atoms with Gasteiger partial charge in [-0.15, -0.1) is 0 Å². The van der Waals surface area contributed by atoms with Gasteiger partial charge in [-0.1, -0.05) is 0 Å². The van der Waals surface area contributed by atoms with E-state index in [-0.39, 0.29) is 17.9 Å². The Hall–Kier alpha value is -0.650. The molecule has 0 aromatic rings. The third-order valence-corrected chi connectivity index (χ3v) is 2.48. The summed E-state index contributed by atoms with van der Waals surface area (Å²) in [7, 11) is 3.33. The van der Waals surface area contributed by atoms with Gasteiger partial charge in [0, 0.05) is 26.8 Å². The molecule has 0 bridgehead atoms. The SMILES string of the molecule is COCCN(C(C)COC)C(C)C(=N)N. The van der Waals surface area contributed by atoms with E-state index in [4.69, 9.17) is 20.6 Å². The maximum Gasteiger partial charge on any atom is 0.108 e. The standard InChI is InChI=1S/C10H23N3O2/c1-8(7-15-4)13(5-6-14-3)9(2)10(11)12/h8-9H,5-7H2,1-4H3,(H3,11,12). The van der Waals surface area contributed by atoms with E-state index in [0.29, 0.717) is 13.2 Å². The molecule has 0 amide bonds. The van der Waals surface area contributed by atoms with Crippen LogP contribution in [0.3, 0.4) is 0 Å². The molecule has 2 unspecified atom stereocenters. The molecule has 0 radical (unpaired) electrons. The minimum Gasteiger partial charge on any atom is -0.386 e. The van der Waals surface area contributed by atoms with Crippen molar-refractivity contribution in [3.8, 4) is 0 Å². The molecule has 0 aliphatic heterocycles. The minimum atomic E-state index is -0.0784. The van der Waals surface area contributed by atoms with Gasteiger partial charge in [0.05, 0.1) is 19.3 Å². The number of methoxy groups -OCH3 is 2. The maximum atomic E-state index is 7.45. The molecule has 2 atom stereocenters. The van der Waals surface area contributed by atoms with Gasteiger partial charge in [0.15, 0.2) is 0 Å². The van der Waals surface area contributed by atoms with Crippen molar-refractivity contribution in [1.82, 2.24) is 4.90 Å². The van der Waals surface area contributed by atoms with Gasteiger partial charge in [0.2, 0.25) is 0 Å². The molecule has 0 aliphatic rings. The maximum absolute atomic E-state index is 7.45. The van der Waals surface area contributed by atoms with E-state index in [1.54, 1.807) is 14.2 Å². The summed E-state index contributed by atoms with van der Waals surface area (Å²) in [6.07, 6.45) is 0. The number of rotatable bonds is 8. The predicted molar refractivity (Wildman–Crippen MR) is 61.3 cm³/mol. The van der Waals surface area contributed by atoms with Gasteiger partial charge in [0.25, 0.3) is 0 Å². The van der Waals surface area contributed by atoms with Crippen LogP contribution in [0.1, 0.15) is 13.8 Å². The Morgan fingerprint density at radius 2 is 1.93 bits per heavy atom. The first-order valence-electron chi connectivity index (χ1n) is 5.12. The summed E-state index contributed by atoms with van der Waals surface area (Å²) in [6, 6.07) is 0.148. The van der Waals surface area contributed by atoms with Gasteiger partial charge in [-0.3, -0.25) is 10.3 Å². The number of nitrogens with zero attached hydrogens (tertiary/aromatic N) is 1. The van der Waals surface area contributed by atoms with Crippen LogP contribution < -0.4 is 5.73 Å². The molecule has 5 nitrogen and oxygen atoms in total. The van der Waals surface area contributed by atoms with Gasteiger partial charge >= 0.3 is 0 Å². The quantitative estimate of drug-likeness (QED) is 0.453. The molecule has 0 aromatic heterocycles. The van der Waals surface area contributed by atoms with Gasteiger partial charge in [-0.2, -0.15) is 0 Å². The van der Waals surface area contributed by atoms with E-state index >= 15 is 0 Å². The van der Waals surface area contributed by atoms with Crippen LogP contribution in [-0.4, -0.2) is 56.8 Å². The summed E-state index contributed by atoms with van der Waals surface area (Å²) >= 11 is 0. The fraction of sp³-hybridized carbons (Fsp3) is 0.900. The highest BCUT2D eigenvalue weighted by Gasteiger charge is 2.21. The van der Waals surface area contributed by atoms with Crippen LogP contribution in [0.4, 0.5) is 0 Å². The Morgan fingerprint density at radius 3 is 2.33 bits per heavy atom. The molecule has 3 N–H and O–H groups in total. The zero-order chi connectivity index (χ0) is 11.8. The number of ether oxygens (including phenoxy) is 2. The molecule has 5 heteroatoms. The molecule has 0 spiro atoms. The Bertz CT molecular complexity index is 188. The summed E-state index contributed by atoms with van der Waals surface area (Å²) < 4.78 is 10.1. The zero-order valence-corrected chi connectivity index (χ0v) is 10.1. The van der Waals surface area contributed by atoms with Crippen LogP contribution in [0.25, 0.3) is 0 Å². The molecule has 0 aliphatic carbocycles. The largest absolute Gasteiger partial charge is 0.386 e. The van der Waals surface area contributed by atoms with Crippen LogP contribution in [-0.2, 0) is 9.47 Å². The summed E-state index contributed by atoms with van der Waals surface area (Å²) in [5, 5.41) is 7.45. The van der Waals surface area contributed by atoms with Crippen LogP contribution >= 0.6 is 0 Å². The molecular formula is C10H23N3O2.